The number of nitrogens with one attached hydrogen (secondary N) is 1. The fourth-order valence-corrected chi connectivity index (χ4v) is 4.71. The number of hydrazone groups is 1. The van der Waals surface area contributed by atoms with E-state index in [2.05, 4.69) is 10.1 Å². The molecule has 0 spiro atoms. The summed E-state index contributed by atoms with van der Waals surface area (Å²) in [4.78, 5) is 17.0. The Morgan fingerprint density at radius 1 is 0.921 bits per heavy atom. The molecule has 2 heterocycles. The van der Waals surface area contributed by atoms with E-state index in [9.17, 15) is 4.79 Å². The number of amidine groups is 2. The van der Waals surface area contributed by atoms with Crippen LogP contribution in [0.1, 0.15) is 22.3 Å². The predicted molar refractivity (Wildman–Crippen MR) is 150 cm³/mol. The highest BCUT2D eigenvalue weighted by Crippen LogP contribution is 2.33. The number of ether oxygens (including phenoxy) is 3. The van der Waals surface area contributed by atoms with Gasteiger partial charge in [-0.3, -0.25) is 10.2 Å². The van der Waals surface area contributed by atoms with E-state index in [1.165, 1.54) is 22.3 Å². The summed E-state index contributed by atoms with van der Waals surface area (Å²) < 4.78 is 17.1. The van der Waals surface area contributed by atoms with Crippen molar-refractivity contribution in [3.8, 4) is 17.2 Å². The number of hydrogen-bond donors (Lipinski definition) is 1. The Balaban J connectivity index is 1.28. The summed E-state index contributed by atoms with van der Waals surface area (Å²) in [6.07, 6.45) is 1.61. The van der Waals surface area contributed by atoms with Crippen LogP contribution in [0.4, 0.5) is 0 Å². The molecule has 0 aromatic heterocycles. The van der Waals surface area contributed by atoms with Gasteiger partial charge in [0.25, 0.3) is 5.91 Å². The second kappa shape index (κ2) is 10.9. The summed E-state index contributed by atoms with van der Waals surface area (Å²) in [5.41, 5.74) is 4.04. The van der Waals surface area contributed by atoms with Gasteiger partial charge in [-0.2, -0.15) is 15.1 Å². The SMILES string of the molecule is COc1cc(/C=C2/C(=N)N3N=C(c4ccc(C)cc4)SC3=NC2=O)ccc1OCCOc1ccc(C)cc1. The molecule has 0 fully saturated rings. The minimum absolute atomic E-state index is 0.0258. The Labute approximate surface area is 225 Å². The fraction of sp³-hybridized carbons (Fsp3) is 0.172. The van der Waals surface area contributed by atoms with Gasteiger partial charge in [0.05, 0.1) is 12.7 Å². The molecule has 192 valence electrons. The van der Waals surface area contributed by atoms with Gasteiger partial charge in [0, 0.05) is 5.56 Å². The highest BCUT2D eigenvalue weighted by molar-refractivity contribution is 8.27. The first-order chi connectivity index (χ1) is 18.4. The second-order valence-electron chi connectivity index (χ2n) is 8.71. The van der Waals surface area contributed by atoms with E-state index in [0.29, 0.717) is 40.5 Å². The van der Waals surface area contributed by atoms with E-state index in [1.54, 1.807) is 31.4 Å². The second-order valence-corrected chi connectivity index (χ2v) is 9.67. The van der Waals surface area contributed by atoms with Crippen molar-refractivity contribution in [1.29, 1.82) is 5.41 Å². The molecule has 2 aliphatic rings. The van der Waals surface area contributed by atoms with Gasteiger partial charge in [0.2, 0.25) is 5.17 Å². The van der Waals surface area contributed by atoms with Crippen LogP contribution in [-0.2, 0) is 4.79 Å². The number of amides is 1. The lowest BCUT2D eigenvalue weighted by atomic mass is 10.1. The van der Waals surface area contributed by atoms with Crippen LogP contribution < -0.4 is 14.2 Å². The molecule has 3 aromatic rings. The molecule has 9 heteroatoms. The van der Waals surface area contributed by atoms with Crippen molar-refractivity contribution in [2.75, 3.05) is 20.3 Å². The van der Waals surface area contributed by atoms with Crippen molar-refractivity contribution in [3.05, 3.63) is 94.6 Å². The molecule has 8 nitrogen and oxygen atoms in total. The molecule has 1 amide bonds. The summed E-state index contributed by atoms with van der Waals surface area (Å²) in [6.45, 7) is 4.75. The average molecular weight is 527 g/mol. The zero-order chi connectivity index (χ0) is 26.6. The summed E-state index contributed by atoms with van der Waals surface area (Å²) >= 11 is 1.28. The molecule has 0 bridgehead atoms. The van der Waals surface area contributed by atoms with Crippen LogP contribution in [0.2, 0.25) is 0 Å². The van der Waals surface area contributed by atoms with E-state index in [1.807, 2.05) is 62.4 Å². The van der Waals surface area contributed by atoms with Crippen molar-refractivity contribution in [2.24, 2.45) is 10.1 Å². The molecular formula is C29H26N4O4S. The van der Waals surface area contributed by atoms with E-state index in [0.717, 1.165) is 16.9 Å². The van der Waals surface area contributed by atoms with E-state index >= 15 is 0 Å². The summed E-state index contributed by atoms with van der Waals surface area (Å²) in [7, 11) is 1.55. The van der Waals surface area contributed by atoms with Crippen LogP contribution in [0.5, 0.6) is 17.2 Å². The van der Waals surface area contributed by atoms with Crippen molar-refractivity contribution in [2.45, 2.75) is 13.8 Å². The third kappa shape index (κ3) is 5.47. The highest BCUT2D eigenvalue weighted by atomic mass is 32.2. The third-order valence-electron chi connectivity index (χ3n) is 5.88. The van der Waals surface area contributed by atoms with Gasteiger partial charge >= 0.3 is 0 Å². The van der Waals surface area contributed by atoms with Gasteiger partial charge in [-0.25, -0.2) is 0 Å². The maximum Gasteiger partial charge on any atom is 0.283 e. The smallest absolute Gasteiger partial charge is 0.283 e. The molecule has 38 heavy (non-hydrogen) atoms. The van der Waals surface area contributed by atoms with Crippen LogP contribution >= 0.6 is 11.8 Å². The van der Waals surface area contributed by atoms with Crippen molar-refractivity contribution < 1.29 is 19.0 Å². The van der Waals surface area contributed by atoms with Crippen LogP contribution in [0, 0.1) is 19.3 Å². The predicted octanol–water partition coefficient (Wildman–Crippen LogP) is 5.44. The monoisotopic (exact) mass is 526 g/mol. The number of methoxy groups -OCH3 is 1. The maximum atomic E-state index is 12.8. The quantitative estimate of drug-likeness (QED) is 0.310. The number of hydrogen-bond acceptors (Lipinski definition) is 7. The molecule has 0 saturated heterocycles. The number of benzene rings is 3. The Morgan fingerprint density at radius 2 is 1.61 bits per heavy atom. The standard InChI is InChI=1S/C29H26N4O4S/c1-18-4-9-21(10-5-18)28-32-33-26(30)23(27(34)31-29(33)38-28)16-20-8-13-24(25(17-20)35-3)37-15-14-36-22-11-6-19(2)7-12-22/h4-13,16-17,30H,14-15H2,1-3H3/b23-16-,30-26?. The highest BCUT2D eigenvalue weighted by Gasteiger charge is 2.36. The minimum atomic E-state index is -0.485. The van der Waals surface area contributed by atoms with E-state index in [4.69, 9.17) is 19.6 Å². The first-order valence-electron chi connectivity index (χ1n) is 12.0. The molecule has 0 atom stereocenters. The van der Waals surface area contributed by atoms with Crippen molar-refractivity contribution in [1.82, 2.24) is 5.01 Å². The molecule has 3 aromatic carbocycles. The Morgan fingerprint density at radius 3 is 2.32 bits per heavy atom. The number of carbonyl (C=O) groups excluding carboxylic acids is 1. The molecule has 0 saturated carbocycles. The van der Waals surface area contributed by atoms with Gasteiger partial charge in [-0.15, -0.1) is 0 Å². The normalized spacial score (nSPS) is 15.8. The lowest BCUT2D eigenvalue weighted by Gasteiger charge is -2.20. The zero-order valence-corrected chi connectivity index (χ0v) is 22.0. The number of thioether (sulfide) groups is 1. The first-order valence-corrected chi connectivity index (χ1v) is 12.8. The number of fused-ring (bicyclic) bond motifs is 1. The van der Waals surface area contributed by atoms with Crippen LogP contribution in [-0.4, -0.2) is 47.3 Å². The largest absolute Gasteiger partial charge is 0.493 e. The van der Waals surface area contributed by atoms with Gasteiger partial charge < -0.3 is 14.2 Å². The summed E-state index contributed by atoms with van der Waals surface area (Å²) in [5.74, 6) is 1.33. The van der Waals surface area contributed by atoms with Gasteiger partial charge in [0.1, 0.15) is 24.0 Å². The lowest BCUT2D eigenvalue weighted by Crippen LogP contribution is -2.35. The Kier molecular flexibility index (Phi) is 7.28. The molecule has 0 unspecified atom stereocenters. The molecule has 2 aliphatic heterocycles. The number of carbonyl (C=O) groups is 1. The molecule has 0 radical (unpaired) electrons. The van der Waals surface area contributed by atoms with Gasteiger partial charge in [0.15, 0.2) is 17.3 Å². The Hall–Kier alpha value is -4.37. The summed E-state index contributed by atoms with van der Waals surface area (Å²) in [6, 6.07) is 21.1. The van der Waals surface area contributed by atoms with E-state index in [-0.39, 0.29) is 11.4 Å². The average Bonchev–Trinajstić information content (AvgIpc) is 3.35. The molecular weight excluding hydrogens is 500 g/mol. The number of rotatable bonds is 8. The zero-order valence-electron chi connectivity index (χ0n) is 21.2. The third-order valence-corrected chi connectivity index (χ3v) is 6.84. The maximum absolute atomic E-state index is 12.8. The number of aliphatic imine (C=N–C) groups is 1. The first kappa shape index (κ1) is 25.3. The van der Waals surface area contributed by atoms with Crippen LogP contribution in [0.15, 0.2) is 82.4 Å². The van der Waals surface area contributed by atoms with Crippen molar-refractivity contribution in [3.63, 3.8) is 0 Å². The van der Waals surface area contributed by atoms with Crippen molar-refractivity contribution >= 4 is 39.8 Å². The van der Waals surface area contributed by atoms with Gasteiger partial charge in [-0.05, 0) is 61.5 Å². The minimum Gasteiger partial charge on any atom is -0.493 e. The molecule has 5 rings (SSSR count). The fourth-order valence-electron chi connectivity index (χ4n) is 3.81. The number of nitrogens with zero attached hydrogens (tertiary/aromatic N) is 3. The van der Waals surface area contributed by atoms with Crippen LogP contribution in [0.25, 0.3) is 6.08 Å². The van der Waals surface area contributed by atoms with Crippen LogP contribution in [0.3, 0.4) is 0 Å². The van der Waals surface area contributed by atoms with Gasteiger partial charge in [-0.1, -0.05) is 53.6 Å². The Bertz CT molecular complexity index is 1480. The molecule has 0 aliphatic carbocycles. The van der Waals surface area contributed by atoms with E-state index < -0.39 is 5.91 Å². The molecule has 1 N–H and O–H groups in total. The topological polar surface area (TPSA) is 96.6 Å². The lowest BCUT2D eigenvalue weighted by molar-refractivity contribution is -0.114. The number of aryl methyl sites for hydroxylation is 2. The summed E-state index contributed by atoms with van der Waals surface area (Å²) in [5, 5.41) is 15.6.